The Kier molecular flexibility index (Phi) is 22.4. The fraction of sp³-hybridized carbons (Fsp3) is 0.444. The van der Waals surface area contributed by atoms with Crippen molar-refractivity contribution in [1.29, 1.82) is 0 Å². The monoisotopic (exact) mass is 749 g/mol. The third-order valence-corrected chi connectivity index (χ3v) is 6.80. The summed E-state index contributed by atoms with van der Waals surface area (Å²) in [6.45, 7) is 15.5. The summed E-state index contributed by atoms with van der Waals surface area (Å²) in [6, 6.07) is 0. The first-order valence-corrected chi connectivity index (χ1v) is 15.8. The molecule has 0 amide bonds. The molecule has 1 unspecified atom stereocenters. The molecular weight excluding hydrogens is 702 g/mol. The van der Waals surface area contributed by atoms with E-state index in [9.17, 15) is 38.4 Å². The molecule has 0 aliphatic rings. The van der Waals surface area contributed by atoms with E-state index in [2.05, 4.69) is 39.5 Å². The van der Waals surface area contributed by atoms with Crippen LogP contribution in [0.4, 0.5) is 0 Å². The molecular formula is C36H47NO16. The minimum Gasteiger partial charge on any atom is -0.465 e. The van der Waals surface area contributed by atoms with Crippen LogP contribution in [0.5, 0.6) is 0 Å². The average Bonchev–Trinajstić information content (AvgIpc) is 3.16. The maximum atomic E-state index is 13.4. The molecule has 0 rings (SSSR count). The number of esters is 8. The highest BCUT2D eigenvalue weighted by Crippen LogP contribution is 2.25. The Morgan fingerprint density at radius 3 is 1.00 bits per heavy atom. The zero-order valence-corrected chi connectivity index (χ0v) is 30.0. The third kappa shape index (κ3) is 20.0. The van der Waals surface area contributed by atoms with Crippen molar-refractivity contribution in [2.45, 2.75) is 12.8 Å². The summed E-state index contributed by atoms with van der Waals surface area (Å²) in [5.74, 6) is -7.82. The van der Waals surface area contributed by atoms with Gasteiger partial charge in [0.05, 0.1) is 5.92 Å². The van der Waals surface area contributed by atoms with Gasteiger partial charge in [0.2, 0.25) is 0 Å². The lowest BCUT2D eigenvalue weighted by Gasteiger charge is -2.32. The van der Waals surface area contributed by atoms with E-state index in [1.807, 2.05) is 0 Å². The Balaban J connectivity index is 6.11. The highest BCUT2D eigenvalue weighted by molar-refractivity contribution is 5.83. The van der Waals surface area contributed by atoms with Gasteiger partial charge < -0.3 is 42.8 Å². The van der Waals surface area contributed by atoms with Gasteiger partial charge in [0.25, 0.3) is 0 Å². The Hall–Kier alpha value is -5.84. The van der Waals surface area contributed by atoms with Crippen LogP contribution in [0.2, 0.25) is 0 Å². The molecule has 1 atom stereocenters. The van der Waals surface area contributed by atoms with E-state index in [-0.39, 0.29) is 19.4 Å². The maximum Gasteiger partial charge on any atom is 0.330 e. The van der Waals surface area contributed by atoms with E-state index in [1.54, 1.807) is 19.0 Å². The molecule has 0 bridgehead atoms. The lowest BCUT2D eigenvalue weighted by atomic mass is 9.91. The number of nitrogens with zero attached hydrogens (tertiary/aromatic N) is 1. The molecule has 0 aromatic heterocycles. The molecule has 0 saturated carbocycles. The van der Waals surface area contributed by atoms with Crippen LogP contribution in [0.15, 0.2) is 75.9 Å². The highest BCUT2D eigenvalue weighted by atomic mass is 16.6. The number of hydrogen-bond acceptors (Lipinski definition) is 17. The molecule has 53 heavy (non-hydrogen) atoms. The van der Waals surface area contributed by atoms with Crippen LogP contribution < -0.4 is 0 Å². The minimum absolute atomic E-state index is 0.0813. The van der Waals surface area contributed by atoms with Gasteiger partial charge in [-0.1, -0.05) is 39.5 Å². The number of hydrogen-bond donors (Lipinski definition) is 0. The van der Waals surface area contributed by atoms with Gasteiger partial charge in [-0.2, -0.15) is 0 Å². The van der Waals surface area contributed by atoms with E-state index in [0.29, 0.717) is 0 Å². The van der Waals surface area contributed by atoms with Crippen molar-refractivity contribution in [3.05, 3.63) is 75.9 Å². The van der Waals surface area contributed by atoms with E-state index >= 15 is 0 Å². The van der Waals surface area contributed by atoms with Crippen molar-refractivity contribution < 1.29 is 76.3 Å². The standard InChI is InChI=1S/C36H47NO16/c1-9-27(38)46-18-35(19-47-28(39)10-2,20-48-29(40)11-3)24-52-33(44)16-15-26(17-37(7)8)34(45)53-25-36(21-49-30(41)12-4,22-50-31(42)13-5)23-51-32(43)14-6/h9-14,26H,1-6,15-25H2,7-8H3. The quantitative estimate of drug-likeness (QED) is 0.0628. The predicted molar refractivity (Wildman–Crippen MR) is 185 cm³/mol. The van der Waals surface area contributed by atoms with Crippen molar-refractivity contribution >= 4 is 47.8 Å². The van der Waals surface area contributed by atoms with Gasteiger partial charge in [-0.15, -0.1) is 0 Å². The van der Waals surface area contributed by atoms with Gasteiger partial charge in [0.1, 0.15) is 63.7 Å². The van der Waals surface area contributed by atoms with Crippen LogP contribution in [0.25, 0.3) is 0 Å². The van der Waals surface area contributed by atoms with E-state index < -0.39 is 117 Å². The molecule has 0 aliphatic carbocycles. The van der Waals surface area contributed by atoms with Crippen LogP contribution in [-0.2, 0) is 76.3 Å². The molecule has 0 fully saturated rings. The molecule has 17 heteroatoms. The predicted octanol–water partition coefficient (Wildman–Crippen LogP) is 1.38. The van der Waals surface area contributed by atoms with Crippen molar-refractivity contribution in [3.8, 4) is 0 Å². The Bertz CT molecular complexity index is 1260. The summed E-state index contributed by atoms with van der Waals surface area (Å²) < 4.78 is 41.8. The maximum absolute atomic E-state index is 13.4. The van der Waals surface area contributed by atoms with Gasteiger partial charge in [-0.05, 0) is 20.5 Å². The molecule has 292 valence electrons. The van der Waals surface area contributed by atoms with Crippen molar-refractivity contribution in [2.75, 3.05) is 73.5 Å². The molecule has 0 aromatic carbocycles. The zero-order chi connectivity index (χ0) is 40.5. The first kappa shape index (κ1) is 47.2. The van der Waals surface area contributed by atoms with Crippen LogP contribution in [0.3, 0.4) is 0 Å². The Morgan fingerprint density at radius 2 is 0.736 bits per heavy atom. The molecule has 0 aromatic rings. The van der Waals surface area contributed by atoms with Gasteiger partial charge in [0, 0.05) is 49.4 Å². The lowest BCUT2D eigenvalue weighted by Crippen LogP contribution is -2.44. The van der Waals surface area contributed by atoms with Crippen molar-refractivity contribution in [2.24, 2.45) is 16.7 Å². The normalized spacial score (nSPS) is 11.3. The van der Waals surface area contributed by atoms with Crippen molar-refractivity contribution in [3.63, 3.8) is 0 Å². The van der Waals surface area contributed by atoms with Crippen LogP contribution in [0.1, 0.15) is 12.8 Å². The number of carbonyl (C=O) groups excluding carboxylic acids is 8. The topological polar surface area (TPSA) is 214 Å². The summed E-state index contributed by atoms with van der Waals surface area (Å²) >= 11 is 0. The second-order valence-corrected chi connectivity index (χ2v) is 11.6. The van der Waals surface area contributed by atoms with E-state index in [1.165, 1.54) is 0 Å². The SMILES string of the molecule is C=CC(=O)OCC(COC(=O)C=C)(COC(=O)C=C)COC(=O)CCC(CN(C)C)C(=O)OCC(COC(=O)C=C)(COC(=O)C=C)COC(=O)C=C. The summed E-state index contributed by atoms with van der Waals surface area (Å²) in [4.78, 5) is 99.3. The Labute approximate surface area is 307 Å². The Morgan fingerprint density at radius 1 is 0.472 bits per heavy atom. The third-order valence-electron chi connectivity index (χ3n) is 6.80. The average molecular weight is 750 g/mol. The molecule has 0 radical (unpaired) electrons. The van der Waals surface area contributed by atoms with Crippen molar-refractivity contribution in [1.82, 2.24) is 4.90 Å². The van der Waals surface area contributed by atoms with Gasteiger partial charge in [-0.3, -0.25) is 9.59 Å². The van der Waals surface area contributed by atoms with E-state index in [0.717, 1.165) is 36.5 Å². The summed E-state index contributed by atoms with van der Waals surface area (Å²) in [6.07, 6.45) is 4.73. The minimum atomic E-state index is -1.59. The first-order valence-electron chi connectivity index (χ1n) is 15.8. The number of rotatable bonds is 28. The number of carbonyl (C=O) groups is 8. The molecule has 0 heterocycles. The summed E-state index contributed by atoms with van der Waals surface area (Å²) in [5, 5.41) is 0. The second-order valence-electron chi connectivity index (χ2n) is 11.6. The van der Waals surface area contributed by atoms with Gasteiger partial charge in [0.15, 0.2) is 0 Å². The molecule has 0 saturated heterocycles. The lowest BCUT2D eigenvalue weighted by molar-refractivity contribution is -0.169. The summed E-state index contributed by atoms with van der Waals surface area (Å²) in [5.41, 5.74) is -3.16. The highest BCUT2D eigenvalue weighted by Gasteiger charge is 2.39. The van der Waals surface area contributed by atoms with Crippen LogP contribution in [-0.4, -0.2) is 126 Å². The molecule has 0 aliphatic heterocycles. The number of ether oxygens (including phenoxy) is 8. The van der Waals surface area contributed by atoms with Gasteiger partial charge in [-0.25, -0.2) is 28.8 Å². The fourth-order valence-corrected chi connectivity index (χ4v) is 3.86. The first-order chi connectivity index (χ1) is 25.0. The molecule has 17 nitrogen and oxygen atoms in total. The molecule has 0 N–H and O–H groups in total. The van der Waals surface area contributed by atoms with E-state index in [4.69, 9.17) is 37.9 Å². The molecule has 0 spiro atoms. The zero-order valence-electron chi connectivity index (χ0n) is 30.0. The largest absolute Gasteiger partial charge is 0.465 e. The van der Waals surface area contributed by atoms with Crippen LogP contribution >= 0.6 is 0 Å². The van der Waals surface area contributed by atoms with Gasteiger partial charge >= 0.3 is 47.8 Å². The fourth-order valence-electron chi connectivity index (χ4n) is 3.86. The second kappa shape index (κ2) is 25.2. The summed E-state index contributed by atoms with van der Waals surface area (Å²) in [7, 11) is 3.32. The van der Waals surface area contributed by atoms with Crippen LogP contribution in [0, 0.1) is 16.7 Å². The smallest absolute Gasteiger partial charge is 0.330 e.